The Labute approximate surface area is 161 Å². The van der Waals surface area contributed by atoms with Crippen LogP contribution in [0.4, 0.5) is 5.95 Å². The Bertz CT molecular complexity index is 929. The number of benzene rings is 1. The Kier molecular flexibility index (Phi) is 5.20. The lowest BCUT2D eigenvalue weighted by atomic mass is 10.1. The van der Waals surface area contributed by atoms with Crippen LogP contribution in [0.2, 0.25) is 0 Å². The van der Waals surface area contributed by atoms with Gasteiger partial charge < -0.3 is 15.0 Å². The molecule has 1 aromatic carbocycles. The minimum absolute atomic E-state index is 0.307. The van der Waals surface area contributed by atoms with E-state index in [1.165, 1.54) is 4.80 Å². The van der Waals surface area contributed by atoms with Crippen LogP contribution in [0.3, 0.4) is 0 Å². The van der Waals surface area contributed by atoms with Gasteiger partial charge in [-0.2, -0.15) is 15.0 Å². The van der Waals surface area contributed by atoms with E-state index < -0.39 is 0 Å². The number of likely N-dealkylation sites (N-methyl/N-ethyl adjacent to an activating group) is 1. The van der Waals surface area contributed by atoms with Crippen LogP contribution in [-0.2, 0) is 4.79 Å². The summed E-state index contributed by atoms with van der Waals surface area (Å²) in [5.74, 6) is 0.815. The second-order valence-corrected chi connectivity index (χ2v) is 6.63. The number of hydrogen-bond donors (Lipinski definition) is 1. The third-order valence-electron chi connectivity index (χ3n) is 4.59. The second-order valence-electron chi connectivity index (χ2n) is 6.63. The molecule has 1 N–H and O–H groups in total. The van der Waals surface area contributed by atoms with Crippen molar-refractivity contribution in [3.63, 3.8) is 0 Å². The molecule has 10 nitrogen and oxygen atoms in total. The van der Waals surface area contributed by atoms with Crippen LogP contribution in [0.15, 0.2) is 36.8 Å². The van der Waals surface area contributed by atoms with E-state index in [2.05, 4.69) is 42.6 Å². The zero-order chi connectivity index (χ0) is 19.3. The summed E-state index contributed by atoms with van der Waals surface area (Å²) in [5.41, 5.74) is 1.77. The molecular weight excluding hydrogens is 360 g/mol. The summed E-state index contributed by atoms with van der Waals surface area (Å²) in [6.45, 7) is 2.43. The van der Waals surface area contributed by atoms with Gasteiger partial charge in [0.1, 0.15) is 11.4 Å². The van der Waals surface area contributed by atoms with Crippen LogP contribution in [0.5, 0.6) is 5.75 Å². The molecule has 0 saturated carbocycles. The zero-order valence-electron chi connectivity index (χ0n) is 15.4. The first-order valence-corrected chi connectivity index (χ1v) is 8.99. The quantitative estimate of drug-likeness (QED) is 0.630. The monoisotopic (exact) mass is 380 g/mol. The number of likely N-dealkylation sites (tertiary alicyclic amines) is 1. The number of carbonyl (C=O) groups is 1. The van der Waals surface area contributed by atoms with E-state index in [0.717, 1.165) is 25.9 Å². The van der Waals surface area contributed by atoms with E-state index in [9.17, 15) is 4.79 Å². The highest BCUT2D eigenvalue weighted by Gasteiger charge is 2.18. The van der Waals surface area contributed by atoms with E-state index in [0.29, 0.717) is 41.2 Å². The molecule has 10 heteroatoms. The zero-order valence-corrected chi connectivity index (χ0v) is 15.4. The molecule has 0 amide bonds. The van der Waals surface area contributed by atoms with E-state index >= 15 is 0 Å². The molecule has 0 unspecified atom stereocenters. The average Bonchev–Trinajstić information content (AvgIpc) is 3.24. The summed E-state index contributed by atoms with van der Waals surface area (Å²) in [6, 6.07) is 5.54. The van der Waals surface area contributed by atoms with Crippen molar-refractivity contribution in [2.75, 3.05) is 25.5 Å². The van der Waals surface area contributed by atoms with Crippen LogP contribution >= 0.6 is 0 Å². The fourth-order valence-corrected chi connectivity index (χ4v) is 3.28. The summed E-state index contributed by atoms with van der Waals surface area (Å²) in [4.78, 5) is 19.0. The first-order chi connectivity index (χ1) is 13.7. The molecule has 0 bridgehead atoms. The summed E-state index contributed by atoms with van der Waals surface area (Å²) < 4.78 is 5.13. The SMILES string of the molecule is CN1CCC[C@@H](Nc2ncc(-c3ccc(-n4nccn4)cc3OC=O)nn2)C1. The minimum Gasteiger partial charge on any atom is -0.428 e. The van der Waals surface area contributed by atoms with Gasteiger partial charge in [0.15, 0.2) is 0 Å². The molecule has 3 heterocycles. The molecule has 28 heavy (non-hydrogen) atoms. The van der Waals surface area contributed by atoms with Gasteiger partial charge in [-0.1, -0.05) is 0 Å². The highest BCUT2D eigenvalue weighted by Crippen LogP contribution is 2.30. The summed E-state index contributed by atoms with van der Waals surface area (Å²) >= 11 is 0. The van der Waals surface area contributed by atoms with Crippen molar-refractivity contribution in [1.29, 1.82) is 0 Å². The van der Waals surface area contributed by atoms with Gasteiger partial charge in [-0.05, 0) is 38.6 Å². The van der Waals surface area contributed by atoms with Crippen molar-refractivity contribution >= 4 is 12.4 Å². The maximum Gasteiger partial charge on any atom is 0.298 e. The second kappa shape index (κ2) is 8.09. The number of ether oxygens (including phenoxy) is 1. The Morgan fingerprint density at radius 2 is 2.11 bits per heavy atom. The lowest BCUT2D eigenvalue weighted by molar-refractivity contribution is -0.120. The summed E-state index contributed by atoms with van der Waals surface area (Å²) in [7, 11) is 2.10. The van der Waals surface area contributed by atoms with Gasteiger partial charge >= 0.3 is 0 Å². The molecule has 1 atom stereocenters. The van der Waals surface area contributed by atoms with Crippen molar-refractivity contribution in [2.24, 2.45) is 0 Å². The maximum absolute atomic E-state index is 10.9. The highest BCUT2D eigenvalue weighted by atomic mass is 16.5. The average molecular weight is 380 g/mol. The van der Waals surface area contributed by atoms with Gasteiger partial charge in [-0.3, -0.25) is 4.79 Å². The van der Waals surface area contributed by atoms with Crippen LogP contribution in [0, 0.1) is 0 Å². The van der Waals surface area contributed by atoms with Gasteiger partial charge in [-0.15, -0.1) is 10.2 Å². The largest absolute Gasteiger partial charge is 0.428 e. The third-order valence-corrected chi connectivity index (χ3v) is 4.59. The number of nitrogens with zero attached hydrogens (tertiary/aromatic N) is 7. The number of rotatable bonds is 6. The van der Waals surface area contributed by atoms with Crippen LogP contribution in [0.1, 0.15) is 12.8 Å². The predicted molar refractivity (Wildman–Crippen MR) is 101 cm³/mol. The van der Waals surface area contributed by atoms with Crippen molar-refractivity contribution < 1.29 is 9.53 Å². The van der Waals surface area contributed by atoms with Gasteiger partial charge in [0.2, 0.25) is 5.95 Å². The molecule has 0 spiro atoms. The minimum atomic E-state index is 0.307. The Balaban J connectivity index is 1.55. The van der Waals surface area contributed by atoms with Gasteiger partial charge in [0, 0.05) is 24.2 Å². The molecule has 3 aromatic rings. The maximum atomic E-state index is 10.9. The van der Waals surface area contributed by atoms with E-state index in [1.54, 1.807) is 36.8 Å². The molecular formula is C18H20N8O2. The van der Waals surface area contributed by atoms with Crippen LogP contribution in [0.25, 0.3) is 16.9 Å². The molecule has 1 aliphatic heterocycles. The standard InChI is InChI=1S/C18H20N8O2/c1-25-8-2-3-13(11-25)22-18-19-10-16(23-24-18)15-5-4-14(9-17(15)28-12-27)26-20-6-7-21-26/h4-7,9-10,12-13H,2-3,8,11H2,1H3,(H,19,22,24)/t13-/m1/s1. The molecule has 0 radical (unpaired) electrons. The molecule has 1 saturated heterocycles. The van der Waals surface area contributed by atoms with E-state index in [-0.39, 0.29) is 0 Å². The van der Waals surface area contributed by atoms with Gasteiger partial charge in [-0.25, -0.2) is 4.98 Å². The Morgan fingerprint density at radius 1 is 1.25 bits per heavy atom. The fraction of sp³-hybridized carbons (Fsp3) is 0.333. The number of nitrogens with one attached hydrogen (secondary N) is 1. The number of hydrogen-bond acceptors (Lipinski definition) is 9. The van der Waals surface area contributed by atoms with Crippen LogP contribution in [-0.4, -0.2) is 67.7 Å². The highest BCUT2D eigenvalue weighted by molar-refractivity contribution is 5.70. The van der Waals surface area contributed by atoms with E-state index in [1.807, 2.05) is 0 Å². The Morgan fingerprint density at radius 3 is 2.82 bits per heavy atom. The lowest BCUT2D eigenvalue weighted by Crippen LogP contribution is -2.40. The number of anilines is 1. The third kappa shape index (κ3) is 3.96. The van der Waals surface area contributed by atoms with Crippen molar-refractivity contribution in [2.45, 2.75) is 18.9 Å². The predicted octanol–water partition coefficient (Wildman–Crippen LogP) is 1.16. The Hall–Kier alpha value is -3.40. The number of piperidine rings is 1. The smallest absolute Gasteiger partial charge is 0.298 e. The molecule has 0 aliphatic carbocycles. The summed E-state index contributed by atoms with van der Waals surface area (Å²) in [6.07, 6.45) is 6.97. The van der Waals surface area contributed by atoms with Crippen molar-refractivity contribution in [3.8, 4) is 22.7 Å². The van der Waals surface area contributed by atoms with E-state index in [4.69, 9.17) is 4.74 Å². The lowest BCUT2D eigenvalue weighted by Gasteiger charge is -2.29. The van der Waals surface area contributed by atoms with Crippen molar-refractivity contribution in [1.82, 2.24) is 35.1 Å². The first-order valence-electron chi connectivity index (χ1n) is 8.99. The topological polar surface area (TPSA) is 111 Å². The fourth-order valence-electron chi connectivity index (χ4n) is 3.28. The number of carbonyl (C=O) groups excluding carboxylic acids is 1. The molecule has 4 rings (SSSR count). The van der Waals surface area contributed by atoms with Gasteiger partial charge in [0.05, 0.1) is 24.3 Å². The normalized spacial score (nSPS) is 17.2. The summed E-state index contributed by atoms with van der Waals surface area (Å²) in [5, 5.41) is 19.9. The van der Waals surface area contributed by atoms with Crippen LogP contribution < -0.4 is 10.1 Å². The van der Waals surface area contributed by atoms with Crippen molar-refractivity contribution in [3.05, 3.63) is 36.8 Å². The van der Waals surface area contributed by atoms with Gasteiger partial charge in [0.25, 0.3) is 6.47 Å². The number of aromatic nitrogens is 6. The molecule has 1 aliphatic rings. The first kappa shape index (κ1) is 18.0. The molecule has 2 aromatic heterocycles. The molecule has 1 fully saturated rings. The molecule has 144 valence electrons.